The maximum atomic E-state index is 12.3. The van der Waals surface area contributed by atoms with E-state index < -0.39 is 5.60 Å². The first-order valence-corrected chi connectivity index (χ1v) is 8.43. The van der Waals surface area contributed by atoms with Gasteiger partial charge in [0.2, 0.25) is 5.88 Å². The van der Waals surface area contributed by atoms with Gasteiger partial charge in [-0.2, -0.15) is 4.98 Å². The van der Waals surface area contributed by atoms with Crippen molar-refractivity contribution in [2.45, 2.75) is 39.3 Å². The number of nitrogens with zero attached hydrogens (tertiary/aromatic N) is 4. The van der Waals surface area contributed by atoms with E-state index in [4.69, 9.17) is 4.74 Å². The van der Waals surface area contributed by atoms with Gasteiger partial charge >= 0.3 is 6.09 Å². The number of hydrogen-bond donors (Lipinski definition) is 1. The Bertz CT molecular complexity index is 787. The molecule has 1 aliphatic heterocycles. The van der Waals surface area contributed by atoms with Crippen LogP contribution in [0.15, 0.2) is 24.4 Å². The minimum atomic E-state index is -0.491. The molecule has 25 heavy (non-hydrogen) atoms. The summed E-state index contributed by atoms with van der Waals surface area (Å²) >= 11 is 0. The molecule has 7 heteroatoms. The van der Waals surface area contributed by atoms with Crippen molar-refractivity contribution in [1.82, 2.24) is 14.9 Å². The molecule has 0 aromatic carbocycles. The molecule has 3 heterocycles. The molecule has 1 fully saturated rings. The largest absolute Gasteiger partial charge is 0.493 e. The van der Waals surface area contributed by atoms with Crippen LogP contribution in [0.1, 0.15) is 27.7 Å². The van der Waals surface area contributed by atoms with E-state index in [1.165, 1.54) is 0 Å². The fourth-order valence-electron chi connectivity index (χ4n) is 2.95. The number of aromatic nitrogens is 2. The van der Waals surface area contributed by atoms with Gasteiger partial charge in [0.1, 0.15) is 5.60 Å². The van der Waals surface area contributed by atoms with Crippen LogP contribution in [0, 0.1) is 0 Å². The third kappa shape index (κ3) is 3.92. The predicted molar refractivity (Wildman–Crippen MR) is 95.8 cm³/mol. The quantitative estimate of drug-likeness (QED) is 0.857. The molecular formula is C18H24N4O3. The smallest absolute Gasteiger partial charge is 0.410 e. The average molecular weight is 344 g/mol. The minimum absolute atomic E-state index is 0.0349. The summed E-state index contributed by atoms with van der Waals surface area (Å²) in [6.07, 6.45) is 1.49. The molecule has 0 spiro atoms. The van der Waals surface area contributed by atoms with Gasteiger partial charge in [0.15, 0.2) is 5.65 Å². The van der Waals surface area contributed by atoms with Crippen LogP contribution in [0.3, 0.4) is 0 Å². The molecule has 1 aliphatic rings. The summed E-state index contributed by atoms with van der Waals surface area (Å²) in [5, 5.41) is 10.3. The highest BCUT2D eigenvalue weighted by Gasteiger charge is 2.31. The first kappa shape index (κ1) is 17.3. The number of anilines is 1. The highest BCUT2D eigenvalue weighted by molar-refractivity contribution is 5.79. The number of carbonyl (C=O) groups excluding carboxylic acids is 1. The topological polar surface area (TPSA) is 78.8 Å². The van der Waals surface area contributed by atoms with Crippen molar-refractivity contribution in [1.29, 1.82) is 0 Å². The predicted octanol–water partition coefficient (Wildman–Crippen LogP) is 2.78. The van der Waals surface area contributed by atoms with Gasteiger partial charge in [-0.05, 0) is 39.8 Å². The van der Waals surface area contributed by atoms with Crippen LogP contribution >= 0.6 is 0 Å². The lowest BCUT2D eigenvalue weighted by Crippen LogP contribution is -2.55. The Morgan fingerprint density at radius 3 is 2.76 bits per heavy atom. The van der Waals surface area contributed by atoms with Crippen molar-refractivity contribution in [2.24, 2.45) is 0 Å². The zero-order chi connectivity index (χ0) is 18.2. The van der Waals surface area contributed by atoms with Crippen LogP contribution in [0.25, 0.3) is 11.0 Å². The van der Waals surface area contributed by atoms with E-state index in [0.29, 0.717) is 25.3 Å². The highest BCUT2D eigenvalue weighted by atomic mass is 16.6. The van der Waals surface area contributed by atoms with Crippen LogP contribution < -0.4 is 4.90 Å². The number of hydrogen-bond acceptors (Lipinski definition) is 6. The van der Waals surface area contributed by atoms with Crippen molar-refractivity contribution in [3.05, 3.63) is 24.4 Å². The Hall–Kier alpha value is -2.57. The minimum Gasteiger partial charge on any atom is -0.493 e. The lowest BCUT2D eigenvalue weighted by atomic mass is 10.1. The zero-order valence-electron chi connectivity index (χ0n) is 15.1. The van der Waals surface area contributed by atoms with Gasteiger partial charge in [-0.15, -0.1) is 0 Å². The van der Waals surface area contributed by atoms with E-state index in [-0.39, 0.29) is 18.0 Å². The number of carbonyl (C=O) groups is 1. The van der Waals surface area contributed by atoms with Gasteiger partial charge in [0, 0.05) is 37.1 Å². The molecule has 1 N–H and O–H groups in total. The van der Waals surface area contributed by atoms with E-state index in [1.807, 2.05) is 33.8 Å². The van der Waals surface area contributed by atoms with E-state index >= 15 is 0 Å². The molecule has 0 saturated carbocycles. The molecule has 0 bridgehead atoms. The van der Waals surface area contributed by atoms with Crippen molar-refractivity contribution in [3.8, 4) is 5.88 Å². The second kappa shape index (κ2) is 6.38. The molecule has 2 aromatic heterocycles. The lowest BCUT2D eigenvalue weighted by Gasteiger charge is -2.41. The summed E-state index contributed by atoms with van der Waals surface area (Å²) in [5.74, 6) is -0.0349. The van der Waals surface area contributed by atoms with Gasteiger partial charge < -0.3 is 19.6 Å². The number of pyridine rings is 2. The molecule has 2 aromatic rings. The molecular weight excluding hydrogens is 320 g/mol. The van der Waals surface area contributed by atoms with Crippen LogP contribution in [-0.2, 0) is 4.74 Å². The standard InChI is InChI=1S/C18H24N4O3/c1-12-11-21(7-8-22(12)17(24)25-18(2,3)4)14-9-13-5-6-15(23)20-16(13)19-10-14/h5-6,9-10,12H,7-8,11H2,1-4H3,(H,19,20,23)/t12-/m0/s1. The van der Waals surface area contributed by atoms with Gasteiger partial charge in [-0.25, -0.2) is 9.78 Å². The molecule has 0 aliphatic carbocycles. The molecule has 0 radical (unpaired) electrons. The SMILES string of the molecule is C[C@H]1CN(c2cnc3nc(O)ccc3c2)CCN1C(=O)OC(C)(C)C. The molecule has 1 saturated heterocycles. The van der Waals surface area contributed by atoms with Crippen LogP contribution in [-0.4, -0.2) is 57.3 Å². The Morgan fingerprint density at radius 2 is 2.08 bits per heavy atom. The number of rotatable bonds is 1. The summed E-state index contributed by atoms with van der Waals surface area (Å²) in [6.45, 7) is 9.65. The van der Waals surface area contributed by atoms with Crippen molar-refractivity contribution >= 4 is 22.8 Å². The van der Waals surface area contributed by atoms with E-state index in [2.05, 4.69) is 14.9 Å². The third-order valence-electron chi connectivity index (χ3n) is 4.13. The number of aromatic hydroxyl groups is 1. The van der Waals surface area contributed by atoms with Crippen molar-refractivity contribution in [2.75, 3.05) is 24.5 Å². The number of ether oxygens (including phenoxy) is 1. The fourth-order valence-corrected chi connectivity index (χ4v) is 2.95. The maximum Gasteiger partial charge on any atom is 0.410 e. The van der Waals surface area contributed by atoms with Crippen LogP contribution in [0.5, 0.6) is 5.88 Å². The second-order valence-corrected chi connectivity index (χ2v) is 7.38. The zero-order valence-corrected chi connectivity index (χ0v) is 15.1. The van der Waals surface area contributed by atoms with Crippen LogP contribution in [0.2, 0.25) is 0 Å². The summed E-state index contributed by atoms with van der Waals surface area (Å²) in [7, 11) is 0. The maximum absolute atomic E-state index is 12.3. The summed E-state index contributed by atoms with van der Waals surface area (Å²) < 4.78 is 5.48. The summed E-state index contributed by atoms with van der Waals surface area (Å²) in [5.41, 5.74) is 1.01. The number of amides is 1. The van der Waals surface area contributed by atoms with Crippen molar-refractivity contribution in [3.63, 3.8) is 0 Å². The molecule has 7 nitrogen and oxygen atoms in total. The number of fused-ring (bicyclic) bond motifs is 1. The van der Waals surface area contributed by atoms with Crippen molar-refractivity contribution < 1.29 is 14.6 Å². The first-order valence-electron chi connectivity index (χ1n) is 8.43. The van der Waals surface area contributed by atoms with E-state index in [9.17, 15) is 9.90 Å². The van der Waals surface area contributed by atoms with Gasteiger partial charge in [-0.3, -0.25) is 0 Å². The lowest BCUT2D eigenvalue weighted by molar-refractivity contribution is 0.0159. The Labute approximate surface area is 147 Å². The number of piperazine rings is 1. The summed E-state index contributed by atoms with van der Waals surface area (Å²) in [4.78, 5) is 24.6. The molecule has 1 amide bonds. The molecule has 0 unspecified atom stereocenters. The van der Waals surface area contributed by atoms with E-state index in [1.54, 1.807) is 23.2 Å². The summed E-state index contributed by atoms with van der Waals surface area (Å²) in [6, 6.07) is 5.40. The monoisotopic (exact) mass is 344 g/mol. The van der Waals surface area contributed by atoms with Gasteiger partial charge in [0.25, 0.3) is 0 Å². The average Bonchev–Trinajstić information content (AvgIpc) is 2.52. The van der Waals surface area contributed by atoms with Crippen LogP contribution in [0.4, 0.5) is 10.5 Å². The Morgan fingerprint density at radius 1 is 1.32 bits per heavy atom. The normalized spacial score (nSPS) is 18.5. The Balaban J connectivity index is 1.72. The van der Waals surface area contributed by atoms with Gasteiger partial charge in [-0.1, -0.05) is 0 Å². The first-order chi connectivity index (χ1) is 11.7. The highest BCUT2D eigenvalue weighted by Crippen LogP contribution is 2.24. The third-order valence-corrected chi connectivity index (χ3v) is 4.13. The fraction of sp³-hybridized carbons (Fsp3) is 0.500. The second-order valence-electron chi connectivity index (χ2n) is 7.38. The molecule has 134 valence electrons. The van der Waals surface area contributed by atoms with Gasteiger partial charge in [0.05, 0.1) is 11.9 Å². The van der Waals surface area contributed by atoms with E-state index in [0.717, 1.165) is 11.1 Å². The molecule has 3 rings (SSSR count). The molecule has 1 atom stereocenters. The Kier molecular flexibility index (Phi) is 4.41.